The smallest absolute Gasteiger partial charge is 0.412 e. The summed E-state index contributed by atoms with van der Waals surface area (Å²) in [6.45, 7) is 2.95. The molecule has 0 aliphatic rings. The first kappa shape index (κ1) is 29.2. The first-order valence-corrected chi connectivity index (χ1v) is 11.5. The Morgan fingerprint density at radius 3 is 2.30 bits per heavy atom. The lowest BCUT2D eigenvalue weighted by molar-refractivity contribution is -0.109. The second-order valence-corrected chi connectivity index (χ2v) is 8.50. The van der Waals surface area contributed by atoms with E-state index < -0.39 is 29.8 Å². The summed E-state index contributed by atoms with van der Waals surface area (Å²) in [6, 6.07) is 12.8. The van der Waals surface area contributed by atoms with E-state index in [4.69, 9.17) is 0 Å². The van der Waals surface area contributed by atoms with Crippen molar-refractivity contribution in [2.75, 3.05) is 18.5 Å². The number of hydrogen-bond acceptors (Lipinski definition) is 4. The third-order valence-corrected chi connectivity index (χ3v) is 5.61. The summed E-state index contributed by atoms with van der Waals surface area (Å²) in [5.41, 5.74) is 1.91. The van der Waals surface area contributed by atoms with Crippen molar-refractivity contribution in [1.29, 1.82) is 0 Å². The van der Waals surface area contributed by atoms with Crippen LogP contribution in [0.3, 0.4) is 0 Å². The zero-order valence-electron chi connectivity index (χ0n) is 20.8. The van der Waals surface area contributed by atoms with Crippen LogP contribution in [0.25, 0.3) is 11.1 Å². The van der Waals surface area contributed by atoms with Gasteiger partial charge in [0.1, 0.15) is 6.29 Å². The molecule has 0 radical (unpaired) electrons. The van der Waals surface area contributed by atoms with Gasteiger partial charge in [0.25, 0.3) is 0 Å². The monoisotopic (exact) mass is 517 g/mol. The summed E-state index contributed by atoms with van der Waals surface area (Å²) < 4.78 is 37.6. The van der Waals surface area contributed by atoms with Gasteiger partial charge < -0.3 is 25.4 Å². The van der Waals surface area contributed by atoms with E-state index in [1.165, 1.54) is 6.92 Å². The van der Waals surface area contributed by atoms with Gasteiger partial charge in [0.2, 0.25) is 0 Å². The van der Waals surface area contributed by atoms with Crippen LogP contribution in [0.2, 0.25) is 0 Å². The number of urea groups is 1. The molecule has 0 spiro atoms. The maximum Gasteiger partial charge on any atom is 0.412 e. The zero-order valence-corrected chi connectivity index (χ0v) is 20.8. The number of benzene rings is 2. The van der Waals surface area contributed by atoms with E-state index in [-0.39, 0.29) is 11.3 Å². The number of carbonyl (C=O) groups excluding carboxylic acids is 2. The van der Waals surface area contributed by atoms with Crippen LogP contribution in [0.1, 0.15) is 37.0 Å². The molecule has 0 heterocycles. The number of amides is 2. The molecule has 0 aliphatic heterocycles. The van der Waals surface area contributed by atoms with Crippen LogP contribution >= 0.6 is 0 Å². The number of alkyl halides is 3. The molecule has 3 N–H and O–H groups in total. The molecule has 0 aromatic heterocycles. The number of halogens is 3. The Labute approximate surface area is 213 Å². The van der Waals surface area contributed by atoms with Gasteiger partial charge >= 0.3 is 18.2 Å². The molecule has 1 unspecified atom stereocenters. The van der Waals surface area contributed by atoms with Gasteiger partial charge in [0.05, 0.1) is 11.6 Å². The van der Waals surface area contributed by atoms with E-state index in [0.29, 0.717) is 31.2 Å². The van der Waals surface area contributed by atoms with E-state index in [2.05, 4.69) is 10.6 Å². The first-order valence-electron chi connectivity index (χ1n) is 11.5. The molecule has 37 heavy (non-hydrogen) atoms. The highest BCUT2D eigenvalue weighted by Gasteiger charge is 2.29. The SMILES string of the molecule is C/C(=C\C=C(/C)C(F)(F)F)NC(=O)NC(C=O)CCCN(C)c1ccc(-c2ccccc2C(=O)O)cc1. The highest BCUT2D eigenvalue weighted by atomic mass is 19.4. The summed E-state index contributed by atoms with van der Waals surface area (Å²) in [5, 5.41) is 14.3. The van der Waals surface area contributed by atoms with E-state index in [9.17, 15) is 32.7 Å². The van der Waals surface area contributed by atoms with Gasteiger partial charge in [0.15, 0.2) is 0 Å². The quantitative estimate of drug-likeness (QED) is 0.268. The fraction of sp³-hybridized carbons (Fsp3) is 0.296. The van der Waals surface area contributed by atoms with Gasteiger partial charge in [-0.25, -0.2) is 9.59 Å². The van der Waals surface area contributed by atoms with Crippen molar-refractivity contribution in [2.45, 2.75) is 38.9 Å². The third-order valence-electron chi connectivity index (χ3n) is 5.61. The topological polar surface area (TPSA) is 98.7 Å². The fourth-order valence-electron chi connectivity index (χ4n) is 3.44. The Balaban J connectivity index is 1.87. The Morgan fingerprint density at radius 1 is 1.05 bits per heavy atom. The summed E-state index contributed by atoms with van der Waals surface area (Å²) in [6.07, 6.45) is -0.893. The predicted octanol–water partition coefficient (Wildman–Crippen LogP) is 5.55. The van der Waals surface area contributed by atoms with E-state index in [1.54, 1.807) is 24.3 Å². The summed E-state index contributed by atoms with van der Waals surface area (Å²) >= 11 is 0. The summed E-state index contributed by atoms with van der Waals surface area (Å²) in [4.78, 5) is 36.9. The highest BCUT2D eigenvalue weighted by molar-refractivity contribution is 5.96. The van der Waals surface area contributed by atoms with Gasteiger partial charge in [-0.3, -0.25) is 0 Å². The number of allylic oxidation sites excluding steroid dienone is 4. The normalized spacial score (nSPS) is 13.0. The van der Waals surface area contributed by atoms with Crippen LogP contribution in [-0.2, 0) is 4.79 Å². The van der Waals surface area contributed by atoms with Gasteiger partial charge in [-0.2, -0.15) is 13.2 Å². The Kier molecular flexibility index (Phi) is 10.5. The molecule has 1 atom stereocenters. The number of nitrogens with one attached hydrogen (secondary N) is 2. The molecule has 0 saturated carbocycles. The van der Waals surface area contributed by atoms with Crippen LogP contribution in [-0.4, -0.2) is 49.2 Å². The molecule has 0 aliphatic carbocycles. The Hall–Kier alpha value is -4.08. The first-order chi connectivity index (χ1) is 17.4. The average molecular weight is 518 g/mol. The van der Waals surface area contributed by atoms with Crippen LogP contribution in [0.5, 0.6) is 0 Å². The van der Waals surface area contributed by atoms with Crippen LogP contribution in [0.4, 0.5) is 23.7 Å². The average Bonchev–Trinajstić information content (AvgIpc) is 2.85. The molecule has 2 amide bonds. The number of rotatable bonds is 11. The molecular formula is C27H30F3N3O4. The molecular weight excluding hydrogens is 487 g/mol. The van der Waals surface area contributed by atoms with Gasteiger partial charge in [0, 0.05) is 30.5 Å². The minimum absolute atomic E-state index is 0.194. The van der Waals surface area contributed by atoms with Crippen molar-refractivity contribution in [1.82, 2.24) is 10.6 Å². The lowest BCUT2D eigenvalue weighted by Crippen LogP contribution is -2.42. The molecule has 0 fully saturated rings. The molecule has 0 bridgehead atoms. The molecule has 10 heteroatoms. The van der Waals surface area contributed by atoms with Crippen molar-refractivity contribution in [3.63, 3.8) is 0 Å². The van der Waals surface area contributed by atoms with Crippen molar-refractivity contribution in [3.05, 3.63) is 77.5 Å². The maximum absolute atomic E-state index is 12.5. The fourth-order valence-corrected chi connectivity index (χ4v) is 3.44. The number of aldehydes is 1. The zero-order chi connectivity index (χ0) is 27.6. The van der Waals surface area contributed by atoms with Crippen molar-refractivity contribution >= 4 is 24.0 Å². The minimum Gasteiger partial charge on any atom is -0.478 e. The summed E-state index contributed by atoms with van der Waals surface area (Å²) in [7, 11) is 1.88. The van der Waals surface area contributed by atoms with Crippen LogP contribution in [0.15, 0.2) is 72.0 Å². The lowest BCUT2D eigenvalue weighted by atomic mass is 9.99. The number of anilines is 1. The van der Waals surface area contributed by atoms with Gasteiger partial charge in [-0.1, -0.05) is 36.4 Å². The van der Waals surface area contributed by atoms with E-state index >= 15 is 0 Å². The maximum atomic E-state index is 12.5. The van der Waals surface area contributed by atoms with Gasteiger partial charge in [-0.15, -0.1) is 0 Å². The molecule has 2 rings (SSSR count). The van der Waals surface area contributed by atoms with Crippen LogP contribution < -0.4 is 15.5 Å². The van der Waals surface area contributed by atoms with Crippen molar-refractivity contribution in [2.24, 2.45) is 0 Å². The second kappa shape index (κ2) is 13.3. The summed E-state index contributed by atoms with van der Waals surface area (Å²) in [5.74, 6) is -0.997. The van der Waals surface area contributed by atoms with E-state index in [1.807, 2.05) is 36.2 Å². The number of nitrogens with zero attached hydrogens (tertiary/aromatic N) is 1. The van der Waals surface area contributed by atoms with Crippen molar-refractivity contribution < 1.29 is 32.7 Å². The Morgan fingerprint density at radius 2 is 1.70 bits per heavy atom. The molecule has 0 saturated heterocycles. The molecule has 7 nitrogen and oxygen atoms in total. The number of carboxylic acid groups (broad SMARTS) is 1. The molecule has 198 valence electrons. The molecule has 2 aromatic rings. The van der Waals surface area contributed by atoms with Crippen LogP contribution in [0, 0.1) is 0 Å². The number of carboxylic acids is 1. The van der Waals surface area contributed by atoms with Crippen molar-refractivity contribution in [3.8, 4) is 11.1 Å². The minimum atomic E-state index is -4.44. The largest absolute Gasteiger partial charge is 0.478 e. The highest BCUT2D eigenvalue weighted by Crippen LogP contribution is 2.26. The number of hydrogen-bond donors (Lipinski definition) is 3. The predicted molar refractivity (Wildman–Crippen MR) is 136 cm³/mol. The van der Waals surface area contributed by atoms with Gasteiger partial charge in [-0.05, 0) is 62.1 Å². The Bertz CT molecular complexity index is 1160. The number of aromatic carboxylic acids is 1. The number of carbonyl (C=O) groups is 3. The standard InChI is InChI=1S/C27H30F3N3O4/c1-18(27(28,29)30)10-11-19(2)31-26(37)32-21(17-34)7-6-16-33(3)22-14-12-20(13-15-22)23-8-4-5-9-24(23)25(35)36/h4-5,8-15,17,21H,6-7,16H2,1-3H3,(H,35,36)(H2,31,32,37)/b18-10+,19-11+. The second-order valence-electron chi connectivity index (χ2n) is 8.50. The molecule has 2 aromatic carbocycles. The third kappa shape index (κ3) is 9.14. The lowest BCUT2D eigenvalue weighted by Gasteiger charge is -2.21. The van der Waals surface area contributed by atoms with E-state index in [0.717, 1.165) is 30.3 Å².